The van der Waals surface area contributed by atoms with Crippen LogP contribution in [0.2, 0.25) is 0 Å². The van der Waals surface area contributed by atoms with Gasteiger partial charge in [-0.2, -0.15) is 0 Å². The Morgan fingerprint density at radius 2 is 0.734 bits per heavy atom. The van der Waals surface area contributed by atoms with E-state index in [4.69, 9.17) is 85.3 Å². The van der Waals surface area contributed by atoms with Crippen LogP contribution in [0.4, 0.5) is 21.0 Å². The summed E-state index contributed by atoms with van der Waals surface area (Å²) in [6.07, 6.45) is -20.0. The van der Waals surface area contributed by atoms with Crippen molar-refractivity contribution in [2.24, 2.45) is 0 Å². The third-order valence-corrected chi connectivity index (χ3v) is 21.6. The Balaban J connectivity index is 0.753. The van der Waals surface area contributed by atoms with Gasteiger partial charge >= 0.3 is 59.9 Å². The molecule has 0 radical (unpaired) electrons. The highest BCUT2D eigenvalue weighted by Crippen LogP contribution is 2.46. The molecule has 7 aromatic rings. The molecular weight excluding hydrogens is 1680 g/mol. The number of fused-ring (bicyclic) bond motifs is 6. The third-order valence-electron chi connectivity index (χ3n) is 21.6. The van der Waals surface area contributed by atoms with Crippen molar-refractivity contribution < 1.29 is 153 Å². The fourth-order valence-electron chi connectivity index (χ4n) is 16.2. The summed E-state index contributed by atoms with van der Waals surface area (Å²) in [6, 6.07) is 36.2. The van der Waals surface area contributed by atoms with Gasteiger partial charge < -0.3 is 110 Å². The van der Waals surface area contributed by atoms with Crippen molar-refractivity contribution in [1.82, 2.24) is 14.7 Å². The first kappa shape index (κ1) is 92.1. The number of hydrogen-bond acceptors (Lipinski definition) is 33. The number of methoxy groups -OCH3 is 2. The Morgan fingerprint density at radius 3 is 1.08 bits per heavy atom. The van der Waals surface area contributed by atoms with E-state index in [1.165, 1.54) is 96.8 Å². The van der Waals surface area contributed by atoms with Gasteiger partial charge in [-0.3, -0.25) is 47.9 Å². The van der Waals surface area contributed by atoms with Crippen LogP contribution >= 0.6 is 0 Å². The summed E-state index contributed by atoms with van der Waals surface area (Å²) in [4.78, 5) is 166. The van der Waals surface area contributed by atoms with Crippen LogP contribution in [0.5, 0.6) is 34.5 Å². The molecule has 2 N–H and O–H groups in total. The molecule has 7 aromatic carbocycles. The highest BCUT2D eigenvalue weighted by atomic mass is 16.8. The Morgan fingerprint density at radius 1 is 0.391 bits per heavy atom. The zero-order valence-corrected chi connectivity index (χ0v) is 72.0. The van der Waals surface area contributed by atoms with Crippen LogP contribution in [-0.2, 0) is 154 Å². The predicted octanol–water partition coefficient (Wildman–Crippen LogP) is 7.93. The highest BCUT2D eigenvalue weighted by Gasteiger charge is 2.56. The first-order chi connectivity index (χ1) is 61.2. The quantitative estimate of drug-likeness (QED) is 0.0347. The molecule has 37 nitrogen and oxygen atoms in total. The Bertz CT molecular complexity index is 5040. The van der Waals surface area contributed by atoms with E-state index in [1.807, 2.05) is 85.7 Å². The lowest BCUT2D eigenvalue weighted by molar-refractivity contribution is -0.288. The van der Waals surface area contributed by atoms with E-state index in [-0.39, 0.29) is 96.1 Å². The van der Waals surface area contributed by atoms with E-state index < -0.39 is 184 Å². The molecule has 2 fully saturated rings. The van der Waals surface area contributed by atoms with E-state index in [0.29, 0.717) is 28.8 Å². The summed E-state index contributed by atoms with van der Waals surface area (Å²) in [6.45, 7) is 7.22. The second kappa shape index (κ2) is 40.4. The molecule has 0 saturated carbocycles. The lowest BCUT2D eigenvalue weighted by Crippen LogP contribution is -2.63. The number of esters is 8. The number of rotatable bonds is 28. The van der Waals surface area contributed by atoms with Gasteiger partial charge in [-0.1, -0.05) is 84.9 Å². The molecule has 6 heterocycles. The van der Waals surface area contributed by atoms with Crippen LogP contribution in [0.1, 0.15) is 126 Å². The van der Waals surface area contributed by atoms with Gasteiger partial charge in [-0.15, -0.1) is 0 Å². The molecule has 2 saturated heterocycles. The summed E-state index contributed by atoms with van der Waals surface area (Å²) in [7, 11) is 6.53. The fourth-order valence-corrected chi connectivity index (χ4v) is 16.2. The number of carbonyl (C=O) groups is 12. The molecule has 14 atom stereocenters. The second-order valence-corrected chi connectivity index (χ2v) is 31.3. The van der Waals surface area contributed by atoms with Gasteiger partial charge in [0.15, 0.2) is 59.9 Å². The summed E-state index contributed by atoms with van der Waals surface area (Å²) in [5.41, 5.74) is 5.85. The van der Waals surface area contributed by atoms with Crippen molar-refractivity contribution in [3.63, 3.8) is 0 Å². The van der Waals surface area contributed by atoms with E-state index in [9.17, 15) is 48.6 Å². The number of aliphatic hydroxyl groups is 2. The molecule has 678 valence electrons. The van der Waals surface area contributed by atoms with E-state index >= 15 is 19.2 Å². The molecule has 4 amide bonds. The number of ether oxygens (including phenoxy) is 18. The highest BCUT2D eigenvalue weighted by molar-refractivity contribution is 6.07. The fraction of sp³-hybridized carbons (Fsp3) is 0.407. The molecule has 8 unspecified atom stereocenters. The van der Waals surface area contributed by atoms with Crippen LogP contribution in [-0.4, -0.2) is 224 Å². The lowest BCUT2D eigenvalue weighted by Gasteiger charge is -2.43. The zero-order chi connectivity index (χ0) is 91.6. The topological polar surface area (TPSA) is 428 Å². The molecule has 6 aliphatic rings. The monoisotopic (exact) mass is 1770 g/mol. The van der Waals surface area contributed by atoms with Gasteiger partial charge in [0.2, 0.25) is 24.8 Å². The molecular formula is C91H97N5O32. The maximum atomic E-state index is 15.2. The van der Waals surface area contributed by atoms with Crippen LogP contribution < -0.4 is 38.2 Å². The minimum atomic E-state index is -1.72. The zero-order valence-electron chi connectivity index (χ0n) is 72.0. The average molecular weight is 1770 g/mol. The normalized spacial score (nSPS) is 22.5. The number of nitrogens with zero attached hydrogens (tertiary/aromatic N) is 5. The summed E-state index contributed by atoms with van der Waals surface area (Å²) >= 11 is 0. The number of aliphatic hydroxyl groups excluding tert-OH is 2. The first-order valence-electron chi connectivity index (χ1n) is 40.8. The minimum absolute atomic E-state index is 0.0357. The largest absolute Gasteiger partial charge is 0.493 e. The molecule has 13 rings (SSSR count). The molecule has 6 aliphatic heterocycles. The molecule has 37 heteroatoms. The van der Waals surface area contributed by atoms with Crippen LogP contribution in [0.15, 0.2) is 140 Å². The SMILES string of the molecule is COc1cc2c(cc1OCc1cc(COc3cc4c(cc3OC)C(=O)N3Cc5ccccc5C[C@H]3[C@H](O)N4C(=O)OCc3ccc(O[C@@H]4OC(COC(C)=O)C(OC(C)=O)C(OC(C)=O)[C@H]4OC(C)=O)cc3)cc(CN(C)C)c1)N(C(=O)OCc1ccc(OC3OC(COC(C)=O)C(OC(C)=O)C(OC(C)=O)[C@H]3OC(C)=O)cc1)C(O)[C@@H]1Cc3ccccc3CN1C2=O. The van der Waals surface area contributed by atoms with Gasteiger partial charge in [-0.25, -0.2) is 19.4 Å². The Labute approximate surface area is 734 Å². The molecule has 0 spiro atoms. The first-order valence-corrected chi connectivity index (χ1v) is 40.8. The summed E-state index contributed by atoms with van der Waals surface area (Å²) in [5.74, 6) is -7.07. The van der Waals surface area contributed by atoms with E-state index in [1.54, 1.807) is 0 Å². The smallest absolute Gasteiger partial charge is 0.416 e. The van der Waals surface area contributed by atoms with Crippen molar-refractivity contribution in [1.29, 1.82) is 0 Å². The van der Waals surface area contributed by atoms with Crippen molar-refractivity contribution >= 4 is 83.1 Å². The standard InChI is InChI=1S/C91H97N5O32/c1-47(97)113-45-76-78(119-49(3)99)80(121-51(5)101)82(123-53(7)103)88(127-76)125-64-25-21-55(22-26-64)41-117-90(109)95-68-36-74(72(111-11)34-66(68)84(105)93-39-62-19-15-13-17-60(62)32-70(93)86(95)107)115-43-58-29-57(38-92(9)10)30-59(31-58)44-116-75-37-69-67(35-73(75)112-12)85(106)94-40-63-20-16-14-18-61(63)33-71(94)87(108)96(69)91(110)118-42-56-23-27-65(28-24-56)126-89-83(124-54(8)104)81(122-52(6)102)79(120-50(4)100)77(128-89)46-114-48(2)98/h13-31,34-37,70-71,76-83,86-89,107-108H,32-33,38-46H2,1-12H3/t70-,71-,76?,77?,78?,79?,80?,81?,82+,83+,86-,87?,88+,89?/m0/s1. The van der Waals surface area contributed by atoms with Gasteiger partial charge in [-0.05, 0) is 119 Å². The minimum Gasteiger partial charge on any atom is -0.493 e. The van der Waals surface area contributed by atoms with Gasteiger partial charge in [0.25, 0.3) is 11.8 Å². The number of hydrogen-bond donors (Lipinski definition) is 2. The van der Waals surface area contributed by atoms with Gasteiger partial charge in [0, 0.05) is 87.2 Å². The maximum Gasteiger partial charge on any atom is 0.416 e. The Kier molecular flexibility index (Phi) is 29.0. The summed E-state index contributed by atoms with van der Waals surface area (Å²) < 4.78 is 106. The van der Waals surface area contributed by atoms with E-state index in [2.05, 4.69) is 0 Å². The molecule has 128 heavy (non-hydrogen) atoms. The Hall–Kier alpha value is -13.6. The van der Waals surface area contributed by atoms with Crippen molar-refractivity contribution in [3.8, 4) is 34.5 Å². The van der Waals surface area contributed by atoms with Crippen molar-refractivity contribution in [3.05, 3.63) is 201 Å². The number of benzene rings is 7. The number of amides is 4. The van der Waals surface area contributed by atoms with Crippen molar-refractivity contribution in [2.45, 2.75) is 200 Å². The number of carbonyl (C=O) groups excluding carboxylic acids is 12. The van der Waals surface area contributed by atoms with Crippen LogP contribution in [0, 0.1) is 0 Å². The van der Waals surface area contributed by atoms with E-state index in [0.717, 1.165) is 93.0 Å². The van der Waals surface area contributed by atoms with Crippen LogP contribution in [0.3, 0.4) is 0 Å². The van der Waals surface area contributed by atoms with Gasteiger partial charge in [0.1, 0.15) is 63.3 Å². The molecule has 0 bridgehead atoms. The summed E-state index contributed by atoms with van der Waals surface area (Å²) in [5, 5.41) is 25.4. The predicted molar refractivity (Wildman–Crippen MR) is 441 cm³/mol. The molecule has 0 aliphatic carbocycles. The molecule has 0 aromatic heterocycles. The maximum absolute atomic E-state index is 15.2. The lowest BCUT2D eigenvalue weighted by atomic mass is 9.93. The van der Waals surface area contributed by atoms with Crippen LogP contribution in [0.25, 0.3) is 0 Å². The van der Waals surface area contributed by atoms with Gasteiger partial charge in [0.05, 0.1) is 48.8 Å². The second-order valence-electron chi connectivity index (χ2n) is 31.3. The number of anilines is 2. The third kappa shape index (κ3) is 21.5. The average Bonchev–Trinajstić information content (AvgIpc) is 1.59. The van der Waals surface area contributed by atoms with Crippen molar-refractivity contribution in [2.75, 3.05) is 51.3 Å².